The molecule has 0 saturated heterocycles. The van der Waals surface area contributed by atoms with Gasteiger partial charge in [0.15, 0.2) is 0 Å². The third-order valence-electron chi connectivity index (χ3n) is 4.02. The number of rotatable bonds is 14. The van der Waals surface area contributed by atoms with Crippen LogP contribution in [0, 0.1) is 0 Å². The number of carbonyl (C=O) groups is 1. The lowest BCUT2D eigenvalue weighted by atomic mass is 10.0. The van der Waals surface area contributed by atoms with Gasteiger partial charge in [-0.05, 0) is 30.5 Å². The van der Waals surface area contributed by atoms with Crippen molar-refractivity contribution in [2.45, 2.75) is 64.4 Å². The maximum atomic E-state index is 10.9. The van der Waals surface area contributed by atoms with Crippen LogP contribution in [-0.4, -0.2) is 30.4 Å². The molecule has 1 N–H and O–H groups in total. The molecule has 0 heterocycles. The molecule has 25 heavy (non-hydrogen) atoms. The van der Waals surface area contributed by atoms with Gasteiger partial charge in [-0.3, -0.25) is 0 Å². The first-order valence-electron chi connectivity index (χ1n) is 9.34. The van der Waals surface area contributed by atoms with Crippen molar-refractivity contribution in [3.05, 3.63) is 42.5 Å². The number of aryl methyl sites for hydroxylation is 1. The SMILES string of the molecule is C=CC(=O)OCC(O)COc1ccc(CCCCCCCCC)cc1. The fraction of sp³-hybridized carbons (Fsp3) is 0.571. The molecular weight excluding hydrogens is 316 g/mol. The monoisotopic (exact) mass is 348 g/mol. The van der Waals surface area contributed by atoms with Crippen LogP contribution in [0.5, 0.6) is 5.75 Å². The minimum Gasteiger partial charge on any atom is -0.491 e. The van der Waals surface area contributed by atoms with Crippen molar-refractivity contribution in [2.24, 2.45) is 0 Å². The first-order valence-corrected chi connectivity index (χ1v) is 9.34. The molecule has 1 unspecified atom stereocenters. The highest BCUT2D eigenvalue weighted by molar-refractivity contribution is 5.81. The molecule has 0 bridgehead atoms. The normalized spacial score (nSPS) is 11.8. The second-order valence-corrected chi connectivity index (χ2v) is 6.31. The van der Waals surface area contributed by atoms with Crippen LogP contribution in [0.3, 0.4) is 0 Å². The second-order valence-electron chi connectivity index (χ2n) is 6.31. The molecule has 0 aliphatic heterocycles. The molecule has 140 valence electrons. The molecule has 1 aromatic carbocycles. The summed E-state index contributed by atoms with van der Waals surface area (Å²) < 4.78 is 10.3. The standard InChI is InChI=1S/C21H32O4/c1-3-5-6-7-8-9-10-11-18-12-14-20(15-13-18)24-16-19(22)17-25-21(23)4-2/h4,12-15,19,22H,2-3,5-11,16-17H2,1H3. The number of ether oxygens (including phenoxy) is 2. The third kappa shape index (κ3) is 10.6. The topological polar surface area (TPSA) is 55.8 Å². The molecule has 0 saturated carbocycles. The van der Waals surface area contributed by atoms with Crippen molar-refractivity contribution < 1.29 is 19.4 Å². The molecule has 4 heteroatoms. The fourth-order valence-corrected chi connectivity index (χ4v) is 2.52. The van der Waals surface area contributed by atoms with E-state index in [4.69, 9.17) is 9.47 Å². The maximum absolute atomic E-state index is 10.9. The van der Waals surface area contributed by atoms with E-state index in [2.05, 4.69) is 25.6 Å². The zero-order valence-electron chi connectivity index (χ0n) is 15.4. The van der Waals surface area contributed by atoms with Crippen LogP contribution in [-0.2, 0) is 16.0 Å². The lowest BCUT2D eigenvalue weighted by Crippen LogP contribution is -2.24. The average molecular weight is 348 g/mol. The molecule has 1 rings (SSSR count). The molecule has 0 spiro atoms. The highest BCUT2D eigenvalue weighted by Crippen LogP contribution is 2.15. The molecule has 1 aromatic rings. The Labute approximate surface area is 151 Å². The van der Waals surface area contributed by atoms with Gasteiger partial charge in [0, 0.05) is 6.08 Å². The summed E-state index contributed by atoms with van der Waals surface area (Å²) in [6, 6.07) is 7.96. The van der Waals surface area contributed by atoms with Gasteiger partial charge in [-0.25, -0.2) is 4.79 Å². The minimum absolute atomic E-state index is 0.0849. The minimum atomic E-state index is -0.851. The summed E-state index contributed by atoms with van der Waals surface area (Å²) in [4.78, 5) is 10.9. The van der Waals surface area contributed by atoms with E-state index in [-0.39, 0.29) is 13.2 Å². The Bertz CT molecular complexity index is 481. The molecule has 1 atom stereocenters. The van der Waals surface area contributed by atoms with Gasteiger partial charge in [-0.2, -0.15) is 0 Å². The summed E-state index contributed by atoms with van der Waals surface area (Å²) in [6.45, 7) is 5.53. The Morgan fingerprint density at radius 3 is 2.36 bits per heavy atom. The Hall–Kier alpha value is -1.81. The van der Waals surface area contributed by atoms with Gasteiger partial charge >= 0.3 is 5.97 Å². The summed E-state index contributed by atoms with van der Waals surface area (Å²) in [5.41, 5.74) is 1.31. The van der Waals surface area contributed by atoms with E-state index >= 15 is 0 Å². The van der Waals surface area contributed by atoms with Crippen LogP contribution in [0.25, 0.3) is 0 Å². The van der Waals surface area contributed by atoms with Crippen molar-refractivity contribution in [1.82, 2.24) is 0 Å². The number of hydrogen-bond acceptors (Lipinski definition) is 4. The molecular formula is C21H32O4. The van der Waals surface area contributed by atoms with E-state index in [1.807, 2.05) is 12.1 Å². The highest BCUT2D eigenvalue weighted by Gasteiger charge is 2.08. The van der Waals surface area contributed by atoms with Crippen LogP contribution in [0.15, 0.2) is 36.9 Å². The van der Waals surface area contributed by atoms with E-state index in [1.54, 1.807) is 0 Å². The number of unbranched alkanes of at least 4 members (excludes halogenated alkanes) is 6. The number of esters is 1. The van der Waals surface area contributed by atoms with Gasteiger partial charge in [-0.1, -0.05) is 64.2 Å². The van der Waals surface area contributed by atoms with E-state index in [0.29, 0.717) is 5.75 Å². The fourth-order valence-electron chi connectivity index (χ4n) is 2.52. The predicted octanol–water partition coefficient (Wildman–Crippen LogP) is 4.45. The van der Waals surface area contributed by atoms with E-state index < -0.39 is 12.1 Å². The maximum Gasteiger partial charge on any atom is 0.330 e. The quantitative estimate of drug-likeness (QED) is 0.307. The van der Waals surface area contributed by atoms with Crippen LogP contribution in [0.1, 0.15) is 57.4 Å². The smallest absolute Gasteiger partial charge is 0.330 e. The first-order chi connectivity index (χ1) is 12.2. The van der Waals surface area contributed by atoms with E-state index in [0.717, 1.165) is 12.5 Å². The van der Waals surface area contributed by atoms with Crippen LogP contribution in [0.4, 0.5) is 0 Å². The summed E-state index contributed by atoms with van der Waals surface area (Å²) in [7, 11) is 0. The van der Waals surface area contributed by atoms with Crippen molar-refractivity contribution in [3.8, 4) is 5.75 Å². The van der Waals surface area contributed by atoms with Gasteiger partial charge in [0.25, 0.3) is 0 Å². The first kappa shape index (κ1) is 21.2. The summed E-state index contributed by atoms with van der Waals surface area (Å²) in [6.07, 6.45) is 10.5. The number of aliphatic hydroxyl groups is 1. The molecule has 0 aliphatic rings. The summed E-state index contributed by atoms with van der Waals surface area (Å²) in [5.74, 6) is 0.158. The van der Waals surface area contributed by atoms with E-state index in [9.17, 15) is 9.90 Å². The number of aliphatic hydroxyl groups excluding tert-OH is 1. The van der Waals surface area contributed by atoms with Crippen molar-refractivity contribution in [1.29, 1.82) is 0 Å². The largest absolute Gasteiger partial charge is 0.491 e. The summed E-state index contributed by atoms with van der Waals surface area (Å²) >= 11 is 0. The average Bonchev–Trinajstić information content (AvgIpc) is 2.64. The Balaban J connectivity index is 2.16. The zero-order chi connectivity index (χ0) is 18.3. The Morgan fingerprint density at radius 2 is 1.72 bits per heavy atom. The molecule has 0 amide bonds. The molecule has 0 aromatic heterocycles. The molecule has 0 radical (unpaired) electrons. The van der Waals surface area contributed by atoms with Gasteiger partial charge < -0.3 is 14.6 Å². The van der Waals surface area contributed by atoms with Gasteiger partial charge in [0.1, 0.15) is 25.1 Å². The zero-order valence-corrected chi connectivity index (χ0v) is 15.4. The van der Waals surface area contributed by atoms with E-state index in [1.165, 1.54) is 50.5 Å². The van der Waals surface area contributed by atoms with Gasteiger partial charge in [0.05, 0.1) is 0 Å². The number of carbonyl (C=O) groups excluding carboxylic acids is 1. The van der Waals surface area contributed by atoms with Crippen LogP contribution < -0.4 is 4.74 Å². The Kier molecular flexibility index (Phi) is 11.4. The molecule has 0 aliphatic carbocycles. The second kappa shape index (κ2) is 13.5. The summed E-state index contributed by atoms with van der Waals surface area (Å²) in [5, 5.41) is 9.69. The highest BCUT2D eigenvalue weighted by atomic mass is 16.5. The lowest BCUT2D eigenvalue weighted by Gasteiger charge is -2.12. The van der Waals surface area contributed by atoms with Gasteiger partial charge in [-0.15, -0.1) is 0 Å². The van der Waals surface area contributed by atoms with Crippen molar-refractivity contribution in [3.63, 3.8) is 0 Å². The van der Waals surface area contributed by atoms with Crippen molar-refractivity contribution in [2.75, 3.05) is 13.2 Å². The van der Waals surface area contributed by atoms with Crippen molar-refractivity contribution >= 4 is 5.97 Å². The predicted molar refractivity (Wildman–Crippen MR) is 101 cm³/mol. The molecule has 4 nitrogen and oxygen atoms in total. The Morgan fingerprint density at radius 1 is 1.08 bits per heavy atom. The van der Waals surface area contributed by atoms with Crippen LogP contribution in [0.2, 0.25) is 0 Å². The molecule has 0 fully saturated rings. The van der Waals surface area contributed by atoms with Crippen LogP contribution >= 0.6 is 0 Å². The lowest BCUT2D eigenvalue weighted by molar-refractivity contribution is -0.141. The van der Waals surface area contributed by atoms with Gasteiger partial charge in [0.2, 0.25) is 0 Å². The third-order valence-corrected chi connectivity index (χ3v) is 4.02. The number of benzene rings is 1. The number of hydrogen-bond donors (Lipinski definition) is 1.